The number of benzene rings is 1. The molecule has 1 heterocycles. The average molecular weight is 308 g/mol. The maximum absolute atomic E-state index is 5.54. The maximum Gasteiger partial charge on any atom is 0.122 e. The van der Waals surface area contributed by atoms with E-state index in [9.17, 15) is 0 Å². The van der Waals surface area contributed by atoms with Crippen molar-refractivity contribution in [1.29, 1.82) is 0 Å². The number of hydrogen-bond donors (Lipinski definition) is 2. The summed E-state index contributed by atoms with van der Waals surface area (Å²) < 4.78 is 0.994. The number of nitrogens with one attached hydrogen (secondary N) is 1. The van der Waals surface area contributed by atoms with E-state index in [4.69, 9.17) is 18.0 Å². The number of pyridine rings is 1. The molecular weight excluding hydrogens is 298 g/mol. The Balaban J connectivity index is 2.28. The SMILES string of the molecule is NC(=S)c1cc(Nc2ccccc2Br)ccn1. The van der Waals surface area contributed by atoms with Crippen LogP contribution < -0.4 is 11.1 Å². The summed E-state index contributed by atoms with van der Waals surface area (Å²) in [5.41, 5.74) is 8.02. The number of para-hydroxylation sites is 1. The fourth-order valence-corrected chi connectivity index (χ4v) is 1.86. The number of thiocarbonyl (C=S) groups is 1. The van der Waals surface area contributed by atoms with Crippen molar-refractivity contribution in [1.82, 2.24) is 4.98 Å². The number of anilines is 2. The molecule has 0 radical (unpaired) electrons. The van der Waals surface area contributed by atoms with Gasteiger partial charge < -0.3 is 11.1 Å². The second-order valence-corrected chi connectivity index (χ2v) is 4.69. The highest BCUT2D eigenvalue weighted by molar-refractivity contribution is 9.10. The van der Waals surface area contributed by atoms with Gasteiger partial charge in [-0.3, -0.25) is 4.98 Å². The summed E-state index contributed by atoms with van der Waals surface area (Å²) in [6.45, 7) is 0. The fourth-order valence-electron chi connectivity index (χ4n) is 1.36. The van der Waals surface area contributed by atoms with Crippen LogP contribution in [0, 0.1) is 0 Å². The lowest BCUT2D eigenvalue weighted by Crippen LogP contribution is -2.11. The Morgan fingerprint density at radius 2 is 2.06 bits per heavy atom. The van der Waals surface area contributed by atoms with E-state index in [-0.39, 0.29) is 0 Å². The van der Waals surface area contributed by atoms with E-state index in [0.29, 0.717) is 10.7 Å². The second-order valence-electron chi connectivity index (χ2n) is 3.40. The summed E-state index contributed by atoms with van der Waals surface area (Å²) in [5, 5.41) is 3.27. The molecule has 1 aromatic carbocycles. The van der Waals surface area contributed by atoms with Crippen molar-refractivity contribution in [2.45, 2.75) is 0 Å². The molecule has 0 spiro atoms. The van der Waals surface area contributed by atoms with Crippen molar-refractivity contribution in [3.63, 3.8) is 0 Å². The lowest BCUT2D eigenvalue weighted by atomic mass is 10.2. The molecule has 17 heavy (non-hydrogen) atoms. The third-order valence-electron chi connectivity index (χ3n) is 2.17. The zero-order valence-electron chi connectivity index (χ0n) is 8.85. The van der Waals surface area contributed by atoms with E-state index < -0.39 is 0 Å². The first-order valence-electron chi connectivity index (χ1n) is 4.94. The van der Waals surface area contributed by atoms with E-state index in [1.165, 1.54) is 0 Å². The molecule has 0 fully saturated rings. The molecule has 0 aliphatic heterocycles. The Morgan fingerprint density at radius 3 is 2.76 bits per heavy atom. The molecule has 0 atom stereocenters. The predicted octanol–water partition coefficient (Wildman–Crippen LogP) is 3.22. The molecular formula is C12H10BrN3S. The summed E-state index contributed by atoms with van der Waals surface area (Å²) in [6, 6.07) is 11.6. The minimum atomic E-state index is 0.292. The fraction of sp³-hybridized carbons (Fsp3) is 0. The lowest BCUT2D eigenvalue weighted by Gasteiger charge is -2.09. The van der Waals surface area contributed by atoms with Crippen LogP contribution in [0.25, 0.3) is 0 Å². The van der Waals surface area contributed by atoms with Gasteiger partial charge in [-0.25, -0.2) is 0 Å². The van der Waals surface area contributed by atoms with E-state index in [0.717, 1.165) is 15.8 Å². The Labute approximate surface area is 113 Å². The van der Waals surface area contributed by atoms with Crippen molar-refractivity contribution in [2.75, 3.05) is 5.32 Å². The van der Waals surface area contributed by atoms with Gasteiger partial charge in [-0.15, -0.1) is 0 Å². The molecule has 0 saturated carbocycles. The molecule has 0 amide bonds. The van der Waals surface area contributed by atoms with Crippen molar-refractivity contribution in [2.24, 2.45) is 5.73 Å². The van der Waals surface area contributed by atoms with Gasteiger partial charge >= 0.3 is 0 Å². The molecule has 3 N–H and O–H groups in total. The molecule has 0 aliphatic carbocycles. The summed E-state index contributed by atoms with van der Waals surface area (Å²) in [4.78, 5) is 4.38. The Hall–Kier alpha value is -1.46. The van der Waals surface area contributed by atoms with Crippen LogP contribution in [0.1, 0.15) is 5.69 Å². The highest BCUT2D eigenvalue weighted by Crippen LogP contribution is 2.25. The first-order chi connectivity index (χ1) is 8.16. The van der Waals surface area contributed by atoms with E-state index in [1.807, 2.05) is 36.4 Å². The van der Waals surface area contributed by atoms with Crippen molar-refractivity contribution >= 4 is 44.5 Å². The third kappa shape index (κ3) is 3.01. The summed E-state index contributed by atoms with van der Waals surface area (Å²) >= 11 is 8.36. The van der Waals surface area contributed by atoms with Gasteiger partial charge in [0, 0.05) is 16.4 Å². The highest BCUT2D eigenvalue weighted by Gasteiger charge is 2.02. The molecule has 0 saturated heterocycles. The summed E-state index contributed by atoms with van der Waals surface area (Å²) in [5.74, 6) is 0. The van der Waals surface area contributed by atoms with Crippen LogP contribution in [0.3, 0.4) is 0 Å². The monoisotopic (exact) mass is 307 g/mol. The molecule has 2 aromatic rings. The van der Waals surface area contributed by atoms with E-state index in [1.54, 1.807) is 6.20 Å². The largest absolute Gasteiger partial charge is 0.388 e. The Morgan fingerprint density at radius 1 is 1.29 bits per heavy atom. The quantitative estimate of drug-likeness (QED) is 0.855. The van der Waals surface area contributed by atoms with Crippen LogP contribution in [0.15, 0.2) is 47.1 Å². The average Bonchev–Trinajstić information content (AvgIpc) is 2.32. The molecule has 0 unspecified atom stereocenters. The van der Waals surface area contributed by atoms with Gasteiger partial charge in [0.05, 0.1) is 11.4 Å². The number of nitrogens with zero attached hydrogens (tertiary/aromatic N) is 1. The topological polar surface area (TPSA) is 50.9 Å². The molecule has 3 nitrogen and oxygen atoms in total. The standard InChI is InChI=1S/C12H10BrN3S/c13-9-3-1-2-4-10(9)16-8-5-6-15-11(7-8)12(14)17/h1-7H,(H2,14,17)(H,15,16). The maximum atomic E-state index is 5.54. The Bertz CT molecular complexity index is 557. The number of halogens is 1. The van der Waals surface area contributed by atoms with E-state index >= 15 is 0 Å². The van der Waals surface area contributed by atoms with Gasteiger partial charge in [-0.05, 0) is 40.2 Å². The lowest BCUT2D eigenvalue weighted by molar-refractivity contribution is 1.29. The van der Waals surface area contributed by atoms with Gasteiger partial charge in [0.1, 0.15) is 4.99 Å². The zero-order chi connectivity index (χ0) is 12.3. The molecule has 86 valence electrons. The minimum Gasteiger partial charge on any atom is -0.388 e. The van der Waals surface area contributed by atoms with Gasteiger partial charge in [-0.1, -0.05) is 24.4 Å². The highest BCUT2D eigenvalue weighted by atomic mass is 79.9. The zero-order valence-corrected chi connectivity index (χ0v) is 11.3. The molecule has 5 heteroatoms. The minimum absolute atomic E-state index is 0.292. The first-order valence-corrected chi connectivity index (χ1v) is 6.14. The van der Waals surface area contributed by atoms with Gasteiger partial charge in [0.25, 0.3) is 0 Å². The van der Waals surface area contributed by atoms with Crippen molar-refractivity contribution in [3.8, 4) is 0 Å². The predicted molar refractivity (Wildman–Crippen MR) is 77.5 cm³/mol. The van der Waals surface area contributed by atoms with Crippen LogP contribution in [0.2, 0.25) is 0 Å². The van der Waals surface area contributed by atoms with Crippen LogP contribution in [0.5, 0.6) is 0 Å². The van der Waals surface area contributed by atoms with Gasteiger partial charge in [0.2, 0.25) is 0 Å². The summed E-state index contributed by atoms with van der Waals surface area (Å²) in [7, 11) is 0. The van der Waals surface area contributed by atoms with Crippen LogP contribution in [-0.2, 0) is 0 Å². The Kier molecular flexibility index (Phi) is 3.71. The molecule has 2 rings (SSSR count). The van der Waals surface area contributed by atoms with Gasteiger partial charge in [-0.2, -0.15) is 0 Å². The molecule has 1 aromatic heterocycles. The summed E-state index contributed by atoms with van der Waals surface area (Å²) in [6.07, 6.45) is 1.67. The van der Waals surface area contributed by atoms with Crippen LogP contribution in [-0.4, -0.2) is 9.97 Å². The number of hydrogen-bond acceptors (Lipinski definition) is 3. The third-order valence-corrected chi connectivity index (χ3v) is 3.07. The second kappa shape index (κ2) is 5.25. The van der Waals surface area contributed by atoms with Crippen LogP contribution >= 0.6 is 28.1 Å². The van der Waals surface area contributed by atoms with Crippen molar-refractivity contribution < 1.29 is 0 Å². The normalized spacial score (nSPS) is 9.94. The number of aromatic nitrogens is 1. The smallest absolute Gasteiger partial charge is 0.122 e. The number of nitrogens with two attached hydrogens (primary N) is 1. The molecule has 0 bridgehead atoms. The molecule has 0 aliphatic rings. The van der Waals surface area contributed by atoms with E-state index in [2.05, 4.69) is 26.2 Å². The van der Waals surface area contributed by atoms with Crippen LogP contribution in [0.4, 0.5) is 11.4 Å². The number of rotatable bonds is 3. The van der Waals surface area contributed by atoms with Crippen molar-refractivity contribution in [3.05, 3.63) is 52.8 Å². The first kappa shape index (κ1) is 12.0. The van der Waals surface area contributed by atoms with Gasteiger partial charge in [0.15, 0.2) is 0 Å².